The van der Waals surface area contributed by atoms with Gasteiger partial charge in [-0.05, 0) is 37.0 Å². The van der Waals surface area contributed by atoms with Crippen molar-refractivity contribution in [2.45, 2.75) is 32.1 Å². The molecule has 0 aromatic heterocycles. The topological polar surface area (TPSA) is 55.1 Å². The first-order valence-corrected chi connectivity index (χ1v) is 7.23. The van der Waals surface area contributed by atoms with Crippen molar-refractivity contribution in [3.8, 4) is 0 Å². The van der Waals surface area contributed by atoms with E-state index in [1.807, 2.05) is 25.1 Å². The summed E-state index contributed by atoms with van der Waals surface area (Å²) >= 11 is 1.49. The van der Waals surface area contributed by atoms with Gasteiger partial charge in [-0.1, -0.05) is 19.9 Å². The Morgan fingerprint density at radius 1 is 1.44 bits per heavy atom. The minimum absolute atomic E-state index is 0.0709. The molecule has 0 saturated carbocycles. The highest BCUT2D eigenvalue weighted by atomic mass is 32.2. The SMILES string of the molecule is Cc1ccc(N)c(SCC(=O)NCCC(C)C)c1. The molecule has 4 heteroatoms. The van der Waals surface area contributed by atoms with Gasteiger partial charge in [-0.3, -0.25) is 4.79 Å². The molecular formula is C14H22N2OS. The summed E-state index contributed by atoms with van der Waals surface area (Å²) < 4.78 is 0. The number of carbonyl (C=O) groups is 1. The van der Waals surface area contributed by atoms with Crippen LogP contribution in [0.1, 0.15) is 25.8 Å². The Morgan fingerprint density at radius 2 is 2.17 bits per heavy atom. The Labute approximate surface area is 114 Å². The van der Waals surface area contributed by atoms with Crippen LogP contribution in [0.2, 0.25) is 0 Å². The van der Waals surface area contributed by atoms with E-state index in [1.165, 1.54) is 11.8 Å². The molecule has 1 amide bonds. The van der Waals surface area contributed by atoms with Crippen LogP contribution in [-0.2, 0) is 4.79 Å². The Hall–Kier alpha value is -1.16. The number of aryl methyl sites for hydroxylation is 1. The second kappa shape index (κ2) is 7.31. The average Bonchev–Trinajstić information content (AvgIpc) is 2.30. The minimum atomic E-state index is 0.0709. The zero-order valence-electron chi connectivity index (χ0n) is 11.3. The number of carbonyl (C=O) groups excluding carboxylic acids is 1. The van der Waals surface area contributed by atoms with Crippen molar-refractivity contribution in [2.75, 3.05) is 18.0 Å². The average molecular weight is 266 g/mol. The van der Waals surface area contributed by atoms with Crippen molar-refractivity contribution < 1.29 is 4.79 Å². The number of hydrogen-bond donors (Lipinski definition) is 2. The van der Waals surface area contributed by atoms with Crippen LogP contribution >= 0.6 is 11.8 Å². The van der Waals surface area contributed by atoms with Gasteiger partial charge in [-0.25, -0.2) is 0 Å². The number of nitrogens with one attached hydrogen (secondary N) is 1. The zero-order chi connectivity index (χ0) is 13.5. The van der Waals surface area contributed by atoms with E-state index in [1.54, 1.807) is 0 Å². The zero-order valence-corrected chi connectivity index (χ0v) is 12.1. The number of nitrogen functional groups attached to an aromatic ring is 1. The van der Waals surface area contributed by atoms with Crippen LogP contribution in [0.25, 0.3) is 0 Å². The third-order valence-electron chi connectivity index (χ3n) is 2.57. The highest BCUT2D eigenvalue weighted by Crippen LogP contribution is 2.25. The largest absolute Gasteiger partial charge is 0.398 e. The van der Waals surface area contributed by atoms with Gasteiger partial charge in [-0.2, -0.15) is 0 Å². The van der Waals surface area contributed by atoms with Crippen LogP contribution in [0.4, 0.5) is 5.69 Å². The molecule has 0 unspecified atom stereocenters. The Kier molecular flexibility index (Phi) is 6.05. The lowest BCUT2D eigenvalue weighted by Gasteiger charge is -2.08. The van der Waals surface area contributed by atoms with Crippen molar-refractivity contribution in [3.63, 3.8) is 0 Å². The molecule has 1 rings (SSSR count). The number of anilines is 1. The van der Waals surface area contributed by atoms with Crippen molar-refractivity contribution in [1.29, 1.82) is 0 Å². The highest BCUT2D eigenvalue weighted by molar-refractivity contribution is 8.00. The normalized spacial score (nSPS) is 10.7. The lowest BCUT2D eigenvalue weighted by molar-refractivity contribution is -0.118. The molecule has 3 nitrogen and oxygen atoms in total. The van der Waals surface area contributed by atoms with Crippen molar-refractivity contribution in [1.82, 2.24) is 5.32 Å². The first-order valence-electron chi connectivity index (χ1n) is 6.24. The van der Waals surface area contributed by atoms with E-state index >= 15 is 0 Å². The van der Waals surface area contributed by atoms with Crippen molar-refractivity contribution in [2.24, 2.45) is 5.92 Å². The third kappa shape index (κ3) is 5.45. The van der Waals surface area contributed by atoms with Gasteiger partial charge in [0.25, 0.3) is 0 Å². The molecule has 0 atom stereocenters. The van der Waals surface area contributed by atoms with Crippen molar-refractivity contribution in [3.05, 3.63) is 23.8 Å². The van der Waals surface area contributed by atoms with Gasteiger partial charge in [0, 0.05) is 17.1 Å². The van der Waals surface area contributed by atoms with Gasteiger partial charge >= 0.3 is 0 Å². The smallest absolute Gasteiger partial charge is 0.230 e. The van der Waals surface area contributed by atoms with Crippen molar-refractivity contribution >= 4 is 23.4 Å². The van der Waals surface area contributed by atoms with Crippen LogP contribution < -0.4 is 11.1 Å². The van der Waals surface area contributed by atoms with E-state index < -0.39 is 0 Å². The fraction of sp³-hybridized carbons (Fsp3) is 0.500. The summed E-state index contributed by atoms with van der Waals surface area (Å²) in [5, 5.41) is 2.92. The molecule has 100 valence electrons. The van der Waals surface area contributed by atoms with E-state index in [4.69, 9.17) is 5.73 Å². The predicted octanol–water partition coefficient (Wildman–Crippen LogP) is 2.83. The summed E-state index contributed by atoms with van der Waals surface area (Å²) in [6.45, 7) is 7.06. The van der Waals surface area contributed by atoms with Gasteiger partial charge in [-0.15, -0.1) is 11.8 Å². The standard InChI is InChI=1S/C14H22N2OS/c1-10(2)6-7-16-14(17)9-18-13-8-11(3)4-5-12(13)15/h4-5,8,10H,6-7,9,15H2,1-3H3,(H,16,17). The lowest BCUT2D eigenvalue weighted by atomic mass is 10.1. The first-order chi connectivity index (χ1) is 8.49. The Morgan fingerprint density at radius 3 is 2.83 bits per heavy atom. The summed E-state index contributed by atoms with van der Waals surface area (Å²) in [4.78, 5) is 12.6. The molecule has 1 aromatic carbocycles. The summed E-state index contributed by atoms with van der Waals surface area (Å²) in [5.41, 5.74) is 7.76. The third-order valence-corrected chi connectivity index (χ3v) is 3.64. The van der Waals surface area contributed by atoms with Gasteiger partial charge in [0.15, 0.2) is 0 Å². The van der Waals surface area contributed by atoms with Crippen LogP contribution in [0, 0.1) is 12.8 Å². The molecular weight excluding hydrogens is 244 g/mol. The number of amides is 1. The highest BCUT2D eigenvalue weighted by Gasteiger charge is 2.05. The Bertz CT molecular complexity index is 405. The maximum absolute atomic E-state index is 11.6. The van der Waals surface area contributed by atoms with Gasteiger partial charge in [0.1, 0.15) is 0 Å². The summed E-state index contributed by atoms with van der Waals surface area (Å²) in [7, 11) is 0. The molecule has 3 N–H and O–H groups in total. The molecule has 0 saturated heterocycles. The van der Waals surface area contributed by atoms with Gasteiger partial charge in [0.2, 0.25) is 5.91 Å². The molecule has 0 bridgehead atoms. The Balaban J connectivity index is 2.36. The monoisotopic (exact) mass is 266 g/mol. The molecule has 0 aliphatic rings. The minimum Gasteiger partial charge on any atom is -0.398 e. The first kappa shape index (κ1) is 14.9. The number of rotatable bonds is 6. The molecule has 18 heavy (non-hydrogen) atoms. The van der Waals surface area contributed by atoms with E-state index in [0.717, 1.165) is 29.1 Å². The molecule has 0 aliphatic carbocycles. The summed E-state index contributed by atoms with van der Waals surface area (Å²) in [6, 6.07) is 5.87. The van der Waals surface area contributed by atoms with E-state index in [0.29, 0.717) is 11.7 Å². The van der Waals surface area contributed by atoms with Crippen LogP contribution in [0.15, 0.2) is 23.1 Å². The van der Waals surface area contributed by atoms with Gasteiger partial charge in [0.05, 0.1) is 5.75 Å². The molecule has 0 fully saturated rings. The van der Waals surface area contributed by atoms with Crippen LogP contribution in [-0.4, -0.2) is 18.2 Å². The summed E-state index contributed by atoms with van der Waals surface area (Å²) in [6.07, 6.45) is 1.02. The van der Waals surface area contributed by atoms with E-state index in [9.17, 15) is 4.79 Å². The molecule has 0 aliphatic heterocycles. The second-order valence-corrected chi connectivity index (χ2v) is 5.88. The quantitative estimate of drug-likeness (QED) is 0.615. The fourth-order valence-corrected chi connectivity index (χ4v) is 2.35. The van der Waals surface area contributed by atoms with Gasteiger partial charge < -0.3 is 11.1 Å². The number of thioether (sulfide) groups is 1. The van der Waals surface area contributed by atoms with E-state index in [-0.39, 0.29) is 5.91 Å². The molecule has 0 heterocycles. The maximum Gasteiger partial charge on any atom is 0.230 e. The van der Waals surface area contributed by atoms with Crippen LogP contribution in [0.5, 0.6) is 0 Å². The number of hydrogen-bond acceptors (Lipinski definition) is 3. The summed E-state index contributed by atoms with van der Waals surface area (Å²) in [5.74, 6) is 1.11. The second-order valence-electron chi connectivity index (χ2n) is 4.86. The molecule has 1 aromatic rings. The lowest BCUT2D eigenvalue weighted by Crippen LogP contribution is -2.26. The molecule has 0 radical (unpaired) electrons. The van der Waals surface area contributed by atoms with Crippen LogP contribution in [0.3, 0.4) is 0 Å². The number of nitrogens with two attached hydrogens (primary N) is 1. The number of benzene rings is 1. The van der Waals surface area contributed by atoms with E-state index in [2.05, 4.69) is 19.2 Å². The fourth-order valence-electron chi connectivity index (χ4n) is 1.46. The molecule has 0 spiro atoms. The predicted molar refractivity (Wildman–Crippen MR) is 78.8 cm³/mol. The maximum atomic E-state index is 11.6.